The standard InChI is InChI=1S/C14H15ClN2OS/c1-9-5-6-19-13(9)8-17(2)14(18)10-3-4-12(16)11(15)7-10/h3-7H,8,16H2,1-2H3. The van der Waals surface area contributed by atoms with Crippen LogP contribution in [-0.4, -0.2) is 17.9 Å². The fourth-order valence-corrected chi connectivity index (χ4v) is 2.87. The highest BCUT2D eigenvalue weighted by molar-refractivity contribution is 7.10. The number of thiophene rings is 1. The summed E-state index contributed by atoms with van der Waals surface area (Å²) in [6, 6.07) is 7.01. The fraction of sp³-hybridized carbons (Fsp3) is 0.214. The van der Waals surface area contributed by atoms with Crippen LogP contribution in [0.15, 0.2) is 29.6 Å². The number of nitrogens with two attached hydrogens (primary N) is 1. The molecule has 1 heterocycles. The zero-order chi connectivity index (χ0) is 14.0. The molecule has 0 spiro atoms. The van der Waals surface area contributed by atoms with Gasteiger partial charge in [0.15, 0.2) is 0 Å². The van der Waals surface area contributed by atoms with E-state index < -0.39 is 0 Å². The molecule has 0 saturated carbocycles. The molecule has 0 atom stereocenters. The molecule has 2 aromatic rings. The lowest BCUT2D eigenvalue weighted by Gasteiger charge is -2.17. The van der Waals surface area contributed by atoms with E-state index in [2.05, 4.69) is 6.07 Å². The Labute approximate surface area is 121 Å². The number of rotatable bonds is 3. The third kappa shape index (κ3) is 3.08. The highest BCUT2D eigenvalue weighted by Gasteiger charge is 2.14. The monoisotopic (exact) mass is 294 g/mol. The number of hydrogen-bond acceptors (Lipinski definition) is 3. The van der Waals surface area contributed by atoms with Crippen LogP contribution in [0.2, 0.25) is 5.02 Å². The third-order valence-electron chi connectivity index (χ3n) is 2.94. The summed E-state index contributed by atoms with van der Waals surface area (Å²) in [4.78, 5) is 15.2. The van der Waals surface area contributed by atoms with Gasteiger partial charge in [-0.05, 0) is 42.1 Å². The van der Waals surface area contributed by atoms with E-state index in [4.69, 9.17) is 17.3 Å². The van der Waals surface area contributed by atoms with E-state index in [0.717, 1.165) is 0 Å². The SMILES string of the molecule is Cc1ccsc1CN(C)C(=O)c1ccc(N)c(Cl)c1. The Kier molecular flexibility index (Phi) is 4.12. The maximum absolute atomic E-state index is 12.3. The Morgan fingerprint density at radius 2 is 2.16 bits per heavy atom. The second-order valence-electron chi connectivity index (χ2n) is 4.42. The van der Waals surface area contributed by atoms with Gasteiger partial charge in [0.1, 0.15) is 0 Å². The summed E-state index contributed by atoms with van der Waals surface area (Å²) < 4.78 is 0. The zero-order valence-corrected chi connectivity index (χ0v) is 12.4. The first-order chi connectivity index (χ1) is 8.99. The van der Waals surface area contributed by atoms with E-state index in [1.165, 1.54) is 10.4 Å². The lowest BCUT2D eigenvalue weighted by Crippen LogP contribution is -2.26. The van der Waals surface area contributed by atoms with Gasteiger partial charge in [-0.3, -0.25) is 4.79 Å². The van der Waals surface area contributed by atoms with Crippen molar-refractivity contribution < 1.29 is 4.79 Å². The van der Waals surface area contributed by atoms with Crippen LogP contribution in [0.4, 0.5) is 5.69 Å². The molecule has 0 fully saturated rings. The van der Waals surface area contributed by atoms with E-state index >= 15 is 0 Å². The molecular formula is C14H15ClN2OS. The van der Waals surface area contributed by atoms with E-state index in [9.17, 15) is 4.79 Å². The quantitative estimate of drug-likeness (QED) is 0.880. The van der Waals surface area contributed by atoms with Crippen molar-refractivity contribution in [2.24, 2.45) is 0 Å². The molecule has 0 bridgehead atoms. The van der Waals surface area contributed by atoms with Crippen molar-refractivity contribution in [3.05, 3.63) is 50.7 Å². The molecule has 2 rings (SSSR count). The second-order valence-corrected chi connectivity index (χ2v) is 5.83. The predicted molar refractivity (Wildman–Crippen MR) is 80.7 cm³/mol. The van der Waals surface area contributed by atoms with Crippen LogP contribution in [-0.2, 0) is 6.54 Å². The summed E-state index contributed by atoms with van der Waals surface area (Å²) in [5.74, 6) is -0.0605. The summed E-state index contributed by atoms with van der Waals surface area (Å²) in [5, 5.41) is 2.44. The largest absolute Gasteiger partial charge is 0.398 e. The summed E-state index contributed by atoms with van der Waals surface area (Å²) in [6.45, 7) is 2.65. The molecule has 0 aliphatic heterocycles. The number of halogens is 1. The van der Waals surface area contributed by atoms with Gasteiger partial charge in [0.25, 0.3) is 5.91 Å². The number of carbonyl (C=O) groups is 1. The topological polar surface area (TPSA) is 46.3 Å². The van der Waals surface area contributed by atoms with E-state index in [1.807, 2.05) is 12.3 Å². The molecule has 0 radical (unpaired) electrons. The Hall–Kier alpha value is -1.52. The number of aryl methyl sites for hydroxylation is 1. The van der Waals surface area contributed by atoms with Crippen molar-refractivity contribution >= 4 is 34.5 Å². The van der Waals surface area contributed by atoms with Crippen LogP contribution in [0.1, 0.15) is 20.8 Å². The maximum atomic E-state index is 12.3. The van der Waals surface area contributed by atoms with Crippen molar-refractivity contribution in [1.29, 1.82) is 0 Å². The molecule has 1 aromatic carbocycles. The number of carbonyl (C=O) groups excluding carboxylic acids is 1. The first-order valence-corrected chi connectivity index (χ1v) is 7.08. The Bertz CT molecular complexity index is 609. The van der Waals surface area contributed by atoms with Crippen LogP contribution in [0, 0.1) is 6.92 Å². The van der Waals surface area contributed by atoms with Crippen molar-refractivity contribution in [2.45, 2.75) is 13.5 Å². The third-order valence-corrected chi connectivity index (χ3v) is 4.28. The minimum atomic E-state index is -0.0605. The molecule has 100 valence electrons. The minimum Gasteiger partial charge on any atom is -0.398 e. The van der Waals surface area contributed by atoms with Crippen LogP contribution in [0.25, 0.3) is 0 Å². The molecule has 19 heavy (non-hydrogen) atoms. The predicted octanol–water partition coefficient (Wildman–Crippen LogP) is 3.56. The molecule has 1 amide bonds. The van der Waals surface area contributed by atoms with E-state index in [0.29, 0.717) is 22.8 Å². The molecule has 3 nitrogen and oxygen atoms in total. The Morgan fingerprint density at radius 1 is 1.42 bits per heavy atom. The number of anilines is 1. The highest BCUT2D eigenvalue weighted by atomic mass is 35.5. The number of nitrogens with zero attached hydrogens (tertiary/aromatic N) is 1. The molecule has 2 N–H and O–H groups in total. The number of amides is 1. The molecule has 0 aliphatic carbocycles. The smallest absolute Gasteiger partial charge is 0.253 e. The van der Waals surface area contributed by atoms with E-state index in [-0.39, 0.29) is 5.91 Å². The van der Waals surface area contributed by atoms with Crippen molar-refractivity contribution in [1.82, 2.24) is 4.90 Å². The van der Waals surface area contributed by atoms with Gasteiger partial charge in [0, 0.05) is 17.5 Å². The summed E-state index contributed by atoms with van der Waals surface area (Å²) in [5.41, 5.74) is 7.88. The van der Waals surface area contributed by atoms with Crippen LogP contribution in [0.5, 0.6) is 0 Å². The first kappa shape index (κ1) is 13.9. The molecule has 1 aromatic heterocycles. The van der Waals surface area contributed by atoms with Crippen molar-refractivity contribution in [2.75, 3.05) is 12.8 Å². The number of benzene rings is 1. The molecule has 0 saturated heterocycles. The maximum Gasteiger partial charge on any atom is 0.253 e. The number of hydrogen-bond donors (Lipinski definition) is 1. The average molecular weight is 295 g/mol. The van der Waals surface area contributed by atoms with Gasteiger partial charge in [-0.1, -0.05) is 11.6 Å². The summed E-state index contributed by atoms with van der Waals surface area (Å²) >= 11 is 7.59. The van der Waals surface area contributed by atoms with Gasteiger partial charge in [-0.25, -0.2) is 0 Å². The fourth-order valence-electron chi connectivity index (χ4n) is 1.73. The zero-order valence-electron chi connectivity index (χ0n) is 10.8. The molecule has 0 aliphatic rings. The highest BCUT2D eigenvalue weighted by Crippen LogP contribution is 2.22. The van der Waals surface area contributed by atoms with Crippen LogP contribution >= 0.6 is 22.9 Å². The lowest BCUT2D eigenvalue weighted by atomic mass is 10.2. The van der Waals surface area contributed by atoms with Gasteiger partial charge in [0.2, 0.25) is 0 Å². The number of nitrogen functional groups attached to an aromatic ring is 1. The van der Waals surface area contributed by atoms with Crippen LogP contribution < -0.4 is 5.73 Å². The first-order valence-electron chi connectivity index (χ1n) is 5.82. The van der Waals surface area contributed by atoms with E-state index in [1.54, 1.807) is 41.5 Å². The Morgan fingerprint density at radius 3 is 2.74 bits per heavy atom. The van der Waals surface area contributed by atoms with Gasteiger partial charge in [0.05, 0.1) is 17.3 Å². The normalized spacial score (nSPS) is 10.5. The molecule has 5 heteroatoms. The van der Waals surface area contributed by atoms with Gasteiger partial charge < -0.3 is 10.6 Å². The average Bonchev–Trinajstić information content (AvgIpc) is 2.77. The van der Waals surface area contributed by atoms with Gasteiger partial charge >= 0.3 is 0 Å². The van der Waals surface area contributed by atoms with Crippen molar-refractivity contribution in [3.63, 3.8) is 0 Å². The Balaban J connectivity index is 2.15. The molecular weight excluding hydrogens is 280 g/mol. The summed E-state index contributed by atoms with van der Waals surface area (Å²) in [6.07, 6.45) is 0. The van der Waals surface area contributed by atoms with Crippen molar-refractivity contribution in [3.8, 4) is 0 Å². The summed E-state index contributed by atoms with van der Waals surface area (Å²) in [7, 11) is 1.78. The van der Waals surface area contributed by atoms with Gasteiger partial charge in [-0.2, -0.15) is 0 Å². The lowest BCUT2D eigenvalue weighted by molar-refractivity contribution is 0.0786. The minimum absolute atomic E-state index is 0.0605. The second kappa shape index (κ2) is 5.63. The van der Waals surface area contributed by atoms with Gasteiger partial charge in [-0.15, -0.1) is 11.3 Å². The molecule has 0 unspecified atom stereocenters. The van der Waals surface area contributed by atoms with Crippen LogP contribution in [0.3, 0.4) is 0 Å².